The number of sulfone groups is 1. The van der Waals surface area contributed by atoms with Gasteiger partial charge in [-0.25, -0.2) is 13.2 Å². The van der Waals surface area contributed by atoms with Crippen LogP contribution in [0.4, 0.5) is 0 Å². The maximum atomic E-state index is 11.5. The van der Waals surface area contributed by atoms with Gasteiger partial charge in [-0.05, 0) is 13.3 Å². The minimum absolute atomic E-state index is 0.176. The number of hydrogen-bond acceptors (Lipinski definition) is 6. The first-order chi connectivity index (χ1) is 8.59. The number of aliphatic carboxylic acids is 1. The van der Waals surface area contributed by atoms with Gasteiger partial charge in [0.1, 0.15) is 11.3 Å². The number of methoxy groups -OCH3 is 1. The molecule has 2 atom stereocenters. The molecule has 9 heteroatoms. The number of rotatable bonds is 7. The van der Waals surface area contributed by atoms with Crippen LogP contribution in [0, 0.1) is 0 Å². The number of ether oxygens (including phenoxy) is 1. The number of hydrogen-bond donors (Lipinski definition) is 2. The molecule has 8 nitrogen and oxygen atoms in total. The Labute approximate surface area is 111 Å². The maximum Gasteiger partial charge on any atom is 0.326 e. The fourth-order valence-corrected chi connectivity index (χ4v) is 1.56. The Hall–Kier alpha value is -1.64. The number of carbonyl (C=O) groups excluding carboxylic acids is 2. The second-order valence-corrected chi connectivity index (χ2v) is 6.35. The molecule has 0 saturated carbocycles. The van der Waals surface area contributed by atoms with E-state index in [1.807, 2.05) is 0 Å². The number of amides is 1. The molecule has 2 unspecified atom stereocenters. The van der Waals surface area contributed by atoms with Crippen LogP contribution in [0.2, 0.25) is 0 Å². The lowest BCUT2D eigenvalue weighted by Crippen LogP contribution is -2.46. The molecule has 0 aromatic rings. The van der Waals surface area contributed by atoms with Gasteiger partial charge in [-0.1, -0.05) is 0 Å². The van der Waals surface area contributed by atoms with E-state index in [0.29, 0.717) is 0 Å². The van der Waals surface area contributed by atoms with Crippen LogP contribution in [0.25, 0.3) is 0 Å². The van der Waals surface area contributed by atoms with Gasteiger partial charge in [0.25, 0.3) is 0 Å². The van der Waals surface area contributed by atoms with Gasteiger partial charge in [0.2, 0.25) is 5.91 Å². The number of esters is 1. The molecule has 0 aromatic heterocycles. The third kappa shape index (κ3) is 6.18. The van der Waals surface area contributed by atoms with Crippen molar-refractivity contribution in [2.75, 3.05) is 13.4 Å². The van der Waals surface area contributed by atoms with E-state index in [0.717, 1.165) is 20.3 Å². The van der Waals surface area contributed by atoms with Gasteiger partial charge in [0.05, 0.1) is 7.11 Å². The van der Waals surface area contributed by atoms with Crippen molar-refractivity contribution in [3.63, 3.8) is 0 Å². The minimum Gasteiger partial charge on any atom is -0.480 e. The van der Waals surface area contributed by atoms with Crippen molar-refractivity contribution in [3.05, 3.63) is 0 Å². The summed E-state index contributed by atoms with van der Waals surface area (Å²) in [6.45, 7) is 1.16. The van der Waals surface area contributed by atoms with Crippen molar-refractivity contribution in [1.82, 2.24) is 5.32 Å². The highest BCUT2D eigenvalue weighted by atomic mass is 32.2. The van der Waals surface area contributed by atoms with Crippen LogP contribution in [0.1, 0.15) is 19.8 Å². The zero-order valence-corrected chi connectivity index (χ0v) is 11.7. The molecular formula is C10H17NO7S. The Morgan fingerprint density at radius 2 is 1.84 bits per heavy atom. The molecule has 0 bridgehead atoms. The molecule has 1 amide bonds. The van der Waals surface area contributed by atoms with E-state index in [1.54, 1.807) is 0 Å². The van der Waals surface area contributed by atoms with Crippen molar-refractivity contribution in [3.8, 4) is 0 Å². The fourth-order valence-electron chi connectivity index (χ4n) is 1.11. The van der Waals surface area contributed by atoms with Gasteiger partial charge in [-0.3, -0.25) is 9.59 Å². The number of carbonyl (C=O) groups is 3. The monoisotopic (exact) mass is 295 g/mol. The molecule has 0 rings (SSSR count). The Morgan fingerprint density at radius 3 is 2.21 bits per heavy atom. The van der Waals surface area contributed by atoms with Crippen molar-refractivity contribution in [2.24, 2.45) is 0 Å². The predicted molar refractivity (Wildman–Crippen MR) is 65.1 cm³/mol. The van der Waals surface area contributed by atoms with Crippen LogP contribution in [-0.4, -0.2) is 56.0 Å². The molecule has 0 fully saturated rings. The average Bonchev–Trinajstić information content (AvgIpc) is 2.30. The van der Waals surface area contributed by atoms with Crippen LogP contribution in [-0.2, 0) is 29.0 Å². The van der Waals surface area contributed by atoms with E-state index in [2.05, 4.69) is 10.1 Å². The Bertz CT molecular complexity index is 456. The molecular weight excluding hydrogens is 278 g/mol. The summed E-state index contributed by atoms with van der Waals surface area (Å²) in [7, 11) is -2.45. The minimum atomic E-state index is -3.61. The Morgan fingerprint density at radius 1 is 1.32 bits per heavy atom. The number of carboxylic acids is 1. The summed E-state index contributed by atoms with van der Waals surface area (Å²) in [6, 6.07) is -1.34. The molecule has 110 valence electrons. The Balaban J connectivity index is 4.64. The quantitative estimate of drug-likeness (QED) is 0.573. The number of nitrogens with one attached hydrogen (secondary N) is 1. The highest BCUT2D eigenvalue weighted by Crippen LogP contribution is 2.03. The topological polar surface area (TPSA) is 127 Å². The molecule has 2 N–H and O–H groups in total. The largest absolute Gasteiger partial charge is 0.480 e. The van der Waals surface area contributed by atoms with Crippen molar-refractivity contribution >= 4 is 27.7 Å². The van der Waals surface area contributed by atoms with Gasteiger partial charge in [-0.15, -0.1) is 0 Å². The maximum absolute atomic E-state index is 11.5. The molecule has 0 aliphatic rings. The normalized spacial score (nSPS) is 14.3. The zero-order chi connectivity index (χ0) is 15.2. The highest BCUT2D eigenvalue weighted by molar-refractivity contribution is 7.92. The van der Waals surface area contributed by atoms with Gasteiger partial charge in [-0.2, -0.15) is 0 Å². The Kier molecular flexibility index (Phi) is 6.46. The summed E-state index contributed by atoms with van der Waals surface area (Å²) in [5.41, 5.74) is 0. The van der Waals surface area contributed by atoms with Gasteiger partial charge in [0.15, 0.2) is 9.84 Å². The average molecular weight is 295 g/mol. The second-order valence-electron chi connectivity index (χ2n) is 3.99. The predicted octanol–water partition coefficient (Wildman–Crippen LogP) is -1.06. The second kappa shape index (κ2) is 7.07. The SMILES string of the molecule is COC(=O)CCC(NC(=O)C(C)S(C)(=O)=O)C(=O)O. The first-order valence-corrected chi connectivity index (χ1v) is 7.34. The summed E-state index contributed by atoms with van der Waals surface area (Å²) in [5.74, 6) is -2.88. The summed E-state index contributed by atoms with van der Waals surface area (Å²) in [6.07, 6.45) is 0.507. The van der Waals surface area contributed by atoms with Crippen LogP contribution >= 0.6 is 0 Å². The van der Waals surface area contributed by atoms with Crippen LogP contribution in [0.15, 0.2) is 0 Å². The molecule has 0 aliphatic carbocycles. The molecule has 19 heavy (non-hydrogen) atoms. The lowest BCUT2D eigenvalue weighted by molar-refractivity contribution is -0.144. The van der Waals surface area contributed by atoms with E-state index in [4.69, 9.17) is 5.11 Å². The highest BCUT2D eigenvalue weighted by Gasteiger charge is 2.28. The lowest BCUT2D eigenvalue weighted by atomic mass is 10.1. The van der Waals surface area contributed by atoms with E-state index in [-0.39, 0.29) is 12.8 Å². The van der Waals surface area contributed by atoms with Gasteiger partial charge in [0, 0.05) is 12.7 Å². The molecule has 0 aliphatic heterocycles. The van der Waals surface area contributed by atoms with Crippen molar-refractivity contribution in [2.45, 2.75) is 31.1 Å². The molecule has 0 aromatic carbocycles. The summed E-state index contributed by atoms with van der Waals surface area (Å²) >= 11 is 0. The van der Waals surface area contributed by atoms with Crippen LogP contribution < -0.4 is 5.32 Å². The summed E-state index contributed by atoms with van der Waals surface area (Å²) in [4.78, 5) is 33.3. The van der Waals surface area contributed by atoms with E-state index >= 15 is 0 Å². The van der Waals surface area contributed by atoms with Crippen molar-refractivity contribution < 1.29 is 32.6 Å². The molecule has 0 heterocycles. The first kappa shape index (κ1) is 17.4. The van der Waals surface area contributed by atoms with E-state index in [9.17, 15) is 22.8 Å². The zero-order valence-electron chi connectivity index (χ0n) is 10.9. The molecule has 0 spiro atoms. The first-order valence-electron chi connectivity index (χ1n) is 5.38. The van der Waals surface area contributed by atoms with E-state index < -0.39 is 39.0 Å². The van der Waals surface area contributed by atoms with E-state index in [1.165, 1.54) is 0 Å². The third-order valence-electron chi connectivity index (χ3n) is 2.49. The molecule has 0 radical (unpaired) electrons. The summed E-state index contributed by atoms with van der Waals surface area (Å²) in [5, 5.41) is 9.60. The van der Waals surface area contributed by atoms with Gasteiger partial charge >= 0.3 is 11.9 Å². The van der Waals surface area contributed by atoms with Crippen LogP contribution in [0.5, 0.6) is 0 Å². The number of carboxylic acid groups (broad SMARTS) is 1. The molecule has 0 saturated heterocycles. The third-order valence-corrected chi connectivity index (χ3v) is 3.99. The smallest absolute Gasteiger partial charge is 0.326 e. The van der Waals surface area contributed by atoms with Crippen molar-refractivity contribution in [1.29, 1.82) is 0 Å². The van der Waals surface area contributed by atoms with Gasteiger partial charge < -0.3 is 15.2 Å². The fraction of sp³-hybridized carbons (Fsp3) is 0.700. The summed E-state index contributed by atoms with van der Waals surface area (Å²) < 4.78 is 26.7. The lowest BCUT2D eigenvalue weighted by Gasteiger charge is -2.16. The standard InChI is InChI=1S/C10H17NO7S/c1-6(19(3,16)17)9(13)11-7(10(14)15)4-5-8(12)18-2/h6-7H,4-5H2,1-3H3,(H,11,13)(H,14,15). The van der Waals surface area contributed by atoms with Crippen LogP contribution in [0.3, 0.4) is 0 Å².